The van der Waals surface area contributed by atoms with E-state index in [0.717, 1.165) is 17.8 Å². The quantitative estimate of drug-likeness (QED) is 0.909. The van der Waals surface area contributed by atoms with Crippen molar-refractivity contribution in [1.29, 1.82) is 0 Å². The summed E-state index contributed by atoms with van der Waals surface area (Å²) in [5.74, 6) is 0. The Kier molecular flexibility index (Phi) is 3.97. The first-order chi connectivity index (χ1) is 9.23. The van der Waals surface area contributed by atoms with E-state index in [1.54, 1.807) is 0 Å². The van der Waals surface area contributed by atoms with Gasteiger partial charge in [0, 0.05) is 25.3 Å². The van der Waals surface area contributed by atoms with Gasteiger partial charge in [0.05, 0.1) is 17.8 Å². The van der Waals surface area contributed by atoms with Crippen LogP contribution in [0, 0.1) is 0 Å². The van der Waals surface area contributed by atoms with Gasteiger partial charge in [0.25, 0.3) is 0 Å². The Labute approximate surface area is 116 Å². The fourth-order valence-electron chi connectivity index (χ4n) is 2.46. The van der Waals surface area contributed by atoms with Crippen LogP contribution in [0.5, 0.6) is 0 Å². The Morgan fingerprint density at radius 3 is 2.60 bits per heavy atom. The van der Waals surface area contributed by atoms with Gasteiger partial charge in [0.15, 0.2) is 0 Å². The number of nitrogens with zero attached hydrogens (tertiary/aromatic N) is 1. The van der Waals surface area contributed by atoms with E-state index in [0.29, 0.717) is 25.3 Å². The number of hydrogen-bond acceptors (Lipinski definition) is 3. The molecule has 0 unspecified atom stereocenters. The second-order valence-electron chi connectivity index (χ2n) is 5.58. The maximum absolute atomic E-state index is 12.7. The van der Waals surface area contributed by atoms with Crippen LogP contribution in [0.4, 0.5) is 18.9 Å². The van der Waals surface area contributed by atoms with Crippen molar-refractivity contribution in [3.8, 4) is 0 Å². The lowest BCUT2D eigenvalue weighted by Crippen LogP contribution is -2.48. The molecular weight excluding hydrogens is 269 g/mol. The summed E-state index contributed by atoms with van der Waals surface area (Å²) in [4.78, 5) is 2.03. The zero-order chi connectivity index (χ0) is 15.0. The largest absolute Gasteiger partial charge is 0.416 e. The number of ether oxygens (including phenoxy) is 1. The molecule has 1 heterocycles. The number of hydrogen-bond donors (Lipinski definition) is 1. The van der Waals surface area contributed by atoms with Crippen molar-refractivity contribution < 1.29 is 17.9 Å². The lowest BCUT2D eigenvalue weighted by Gasteiger charge is -2.40. The SMILES string of the molecule is CC1(C)CN(c2ccc(C(F)(F)F)cc2CN)CCO1. The highest BCUT2D eigenvalue weighted by molar-refractivity contribution is 5.56. The number of halogens is 3. The smallest absolute Gasteiger partial charge is 0.372 e. The normalized spacial score (nSPS) is 19.2. The Morgan fingerprint density at radius 1 is 1.35 bits per heavy atom. The molecule has 2 rings (SSSR count). The zero-order valence-electron chi connectivity index (χ0n) is 11.6. The van der Waals surface area contributed by atoms with Gasteiger partial charge in [-0.2, -0.15) is 13.2 Å². The van der Waals surface area contributed by atoms with Gasteiger partial charge < -0.3 is 15.4 Å². The molecule has 112 valence electrons. The fourth-order valence-corrected chi connectivity index (χ4v) is 2.46. The van der Waals surface area contributed by atoms with Crippen LogP contribution < -0.4 is 10.6 Å². The maximum atomic E-state index is 12.7. The second kappa shape index (κ2) is 5.26. The van der Waals surface area contributed by atoms with Crippen LogP contribution in [0.1, 0.15) is 25.0 Å². The van der Waals surface area contributed by atoms with Crippen LogP contribution >= 0.6 is 0 Å². The first kappa shape index (κ1) is 15.1. The standard InChI is InChI=1S/C14H19F3N2O/c1-13(2)9-19(5-6-20-13)12-4-3-11(14(15,16)17)7-10(12)8-18/h3-4,7H,5-6,8-9,18H2,1-2H3. The topological polar surface area (TPSA) is 38.5 Å². The maximum Gasteiger partial charge on any atom is 0.416 e. The minimum absolute atomic E-state index is 0.0804. The Morgan fingerprint density at radius 2 is 2.05 bits per heavy atom. The summed E-state index contributed by atoms with van der Waals surface area (Å²) in [6.45, 7) is 5.85. The number of nitrogens with two attached hydrogens (primary N) is 1. The van der Waals surface area contributed by atoms with Gasteiger partial charge in [-0.3, -0.25) is 0 Å². The molecule has 1 aliphatic heterocycles. The van der Waals surface area contributed by atoms with Crippen molar-refractivity contribution in [2.24, 2.45) is 5.73 Å². The predicted octanol–water partition coefficient (Wildman–Crippen LogP) is 2.78. The van der Waals surface area contributed by atoms with Crippen LogP contribution in [0.2, 0.25) is 0 Å². The molecule has 1 aromatic rings. The number of benzene rings is 1. The number of anilines is 1. The van der Waals surface area contributed by atoms with Crippen LogP contribution in [0.3, 0.4) is 0 Å². The molecule has 6 heteroatoms. The van der Waals surface area contributed by atoms with Crippen molar-refractivity contribution in [3.05, 3.63) is 29.3 Å². The second-order valence-corrected chi connectivity index (χ2v) is 5.58. The van der Waals surface area contributed by atoms with Crippen molar-refractivity contribution >= 4 is 5.69 Å². The molecule has 0 radical (unpaired) electrons. The van der Waals surface area contributed by atoms with Crippen molar-refractivity contribution in [2.75, 3.05) is 24.6 Å². The van der Waals surface area contributed by atoms with Gasteiger partial charge in [-0.05, 0) is 37.6 Å². The molecule has 1 fully saturated rings. The molecule has 1 aromatic carbocycles. The highest BCUT2D eigenvalue weighted by atomic mass is 19.4. The molecule has 0 aromatic heterocycles. The van der Waals surface area contributed by atoms with Crippen LogP contribution in [0.15, 0.2) is 18.2 Å². The molecule has 1 aliphatic rings. The highest BCUT2D eigenvalue weighted by Crippen LogP contribution is 2.34. The van der Waals surface area contributed by atoms with Crippen LogP contribution in [0.25, 0.3) is 0 Å². The number of morpholine rings is 1. The van der Waals surface area contributed by atoms with E-state index in [4.69, 9.17) is 10.5 Å². The summed E-state index contributed by atoms with van der Waals surface area (Å²) in [6, 6.07) is 3.75. The van der Waals surface area contributed by atoms with Crippen LogP contribution in [-0.2, 0) is 17.5 Å². The molecule has 0 saturated carbocycles. The Hall–Kier alpha value is -1.27. The molecular formula is C14H19F3N2O. The summed E-state index contributed by atoms with van der Waals surface area (Å²) < 4.78 is 43.8. The van der Waals surface area contributed by atoms with Gasteiger partial charge >= 0.3 is 6.18 Å². The molecule has 0 spiro atoms. The molecule has 0 bridgehead atoms. The first-order valence-electron chi connectivity index (χ1n) is 6.52. The van der Waals surface area contributed by atoms with Gasteiger partial charge in [-0.1, -0.05) is 0 Å². The third-order valence-electron chi connectivity index (χ3n) is 3.39. The average Bonchev–Trinajstić information content (AvgIpc) is 2.35. The summed E-state index contributed by atoms with van der Waals surface area (Å²) in [5, 5.41) is 0. The highest BCUT2D eigenvalue weighted by Gasteiger charge is 2.32. The Bertz CT molecular complexity index is 486. The van der Waals surface area contributed by atoms with E-state index in [-0.39, 0.29) is 12.1 Å². The monoisotopic (exact) mass is 288 g/mol. The third kappa shape index (κ3) is 3.24. The lowest BCUT2D eigenvalue weighted by atomic mass is 10.0. The molecule has 20 heavy (non-hydrogen) atoms. The van der Waals surface area contributed by atoms with Gasteiger partial charge in [0.1, 0.15) is 0 Å². The first-order valence-corrected chi connectivity index (χ1v) is 6.52. The fraction of sp³-hybridized carbons (Fsp3) is 0.571. The minimum atomic E-state index is -4.34. The number of alkyl halides is 3. The molecule has 0 amide bonds. The summed E-state index contributed by atoms with van der Waals surface area (Å²) >= 11 is 0. The van der Waals surface area contributed by atoms with Crippen molar-refractivity contribution in [2.45, 2.75) is 32.2 Å². The lowest BCUT2D eigenvalue weighted by molar-refractivity contribution is -0.137. The van der Waals surface area contributed by atoms with Crippen LogP contribution in [-0.4, -0.2) is 25.3 Å². The summed E-state index contributed by atoms with van der Waals surface area (Å²) in [6.07, 6.45) is -4.34. The molecule has 0 atom stereocenters. The van der Waals surface area contributed by atoms with E-state index in [2.05, 4.69) is 0 Å². The van der Waals surface area contributed by atoms with E-state index in [1.165, 1.54) is 6.07 Å². The predicted molar refractivity (Wildman–Crippen MR) is 71.6 cm³/mol. The zero-order valence-corrected chi connectivity index (χ0v) is 11.6. The Balaban J connectivity index is 2.32. The van der Waals surface area contributed by atoms with Crippen molar-refractivity contribution in [1.82, 2.24) is 0 Å². The van der Waals surface area contributed by atoms with Gasteiger partial charge in [-0.15, -0.1) is 0 Å². The van der Waals surface area contributed by atoms with E-state index >= 15 is 0 Å². The van der Waals surface area contributed by atoms with Gasteiger partial charge in [0.2, 0.25) is 0 Å². The summed E-state index contributed by atoms with van der Waals surface area (Å²) in [7, 11) is 0. The minimum Gasteiger partial charge on any atom is -0.372 e. The number of rotatable bonds is 2. The van der Waals surface area contributed by atoms with Gasteiger partial charge in [-0.25, -0.2) is 0 Å². The third-order valence-corrected chi connectivity index (χ3v) is 3.39. The van der Waals surface area contributed by atoms with E-state index < -0.39 is 11.7 Å². The van der Waals surface area contributed by atoms with Crippen molar-refractivity contribution in [3.63, 3.8) is 0 Å². The van der Waals surface area contributed by atoms with E-state index in [1.807, 2.05) is 18.7 Å². The summed E-state index contributed by atoms with van der Waals surface area (Å²) in [5.41, 5.74) is 5.91. The average molecular weight is 288 g/mol. The molecule has 1 saturated heterocycles. The molecule has 3 nitrogen and oxygen atoms in total. The van der Waals surface area contributed by atoms with E-state index in [9.17, 15) is 13.2 Å². The molecule has 0 aliphatic carbocycles. The molecule has 2 N–H and O–H groups in total.